The van der Waals surface area contributed by atoms with Crippen LogP contribution in [0.3, 0.4) is 0 Å². The second-order valence-electron chi connectivity index (χ2n) is 4.08. The summed E-state index contributed by atoms with van der Waals surface area (Å²) in [5.41, 5.74) is 0.981. The van der Waals surface area contributed by atoms with Gasteiger partial charge < -0.3 is 9.42 Å². The lowest BCUT2D eigenvalue weighted by Gasteiger charge is -2.16. The van der Waals surface area contributed by atoms with Crippen LogP contribution in [0.15, 0.2) is 22.9 Å². The molecule has 1 amide bonds. The molecule has 0 aromatic carbocycles. The zero-order valence-electron chi connectivity index (χ0n) is 10.4. The Balaban J connectivity index is 2.16. The zero-order valence-corrected chi connectivity index (χ0v) is 11.9. The molecular weight excluding hydrogens is 289 g/mol. The van der Waals surface area contributed by atoms with E-state index in [-0.39, 0.29) is 16.1 Å². The van der Waals surface area contributed by atoms with E-state index in [9.17, 15) is 4.79 Å². The molecule has 0 saturated carbocycles. The van der Waals surface area contributed by atoms with Crippen LogP contribution in [0.5, 0.6) is 0 Å². The van der Waals surface area contributed by atoms with Crippen molar-refractivity contribution in [2.45, 2.75) is 13.5 Å². The van der Waals surface area contributed by atoms with Gasteiger partial charge in [0.15, 0.2) is 0 Å². The van der Waals surface area contributed by atoms with Gasteiger partial charge in [0, 0.05) is 19.3 Å². The second kappa shape index (κ2) is 5.59. The van der Waals surface area contributed by atoms with Crippen molar-refractivity contribution in [3.63, 3.8) is 0 Å². The van der Waals surface area contributed by atoms with Crippen molar-refractivity contribution in [2.24, 2.45) is 0 Å². The molecule has 0 fully saturated rings. The fourth-order valence-corrected chi connectivity index (χ4v) is 1.93. The molecule has 2 aromatic rings. The van der Waals surface area contributed by atoms with Crippen LogP contribution in [0, 0.1) is 6.92 Å². The van der Waals surface area contributed by atoms with E-state index in [1.54, 1.807) is 20.0 Å². The molecule has 0 bridgehead atoms. The van der Waals surface area contributed by atoms with Gasteiger partial charge >= 0.3 is 0 Å². The first-order valence-electron chi connectivity index (χ1n) is 5.46. The molecule has 0 N–H and O–H groups in total. The van der Waals surface area contributed by atoms with Gasteiger partial charge in [-0.05, 0) is 13.0 Å². The van der Waals surface area contributed by atoms with Crippen molar-refractivity contribution in [3.8, 4) is 0 Å². The molecule has 2 heterocycles. The minimum atomic E-state index is -0.255. The van der Waals surface area contributed by atoms with E-state index in [2.05, 4.69) is 10.1 Å². The molecule has 0 spiro atoms. The highest BCUT2D eigenvalue weighted by molar-refractivity contribution is 6.35. The quantitative estimate of drug-likeness (QED) is 0.818. The van der Waals surface area contributed by atoms with E-state index in [4.69, 9.17) is 27.7 Å². The van der Waals surface area contributed by atoms with Gasteiger partial charge in [-0.3, -0.25) is 4.79 Å². The molecular formula is C12H11Cl2N3O2. The lowest BCUT2D eigenvalue weighted by atomic mass is 10.2. The Labute approximate surface area is 120 Å². The number of nitrogens with zero attached hydrogens (tertiary/aromatic N) is 3. The van der Waals surface area contributed by atoms with E-state index in [1.807, 2.05) is 0 Å². The Morgan fingerprint density at radius 2 is 2.16 bits per heavy atom. The van der Waals surface area contributed by atoms with Crippen LogP contribution in [0.4, 0.5) is 0 Å². The highest BCUT2D eigenvalue weighted by Gasteiger charge is 2.17. The van der Waals surface area contributed by atoms with Crippen molar-refractivity contribution in [1.82, 2.24) is 15.0 Å². The number of amides is 1. The molecule has 19 heavy (non-hydrogen) atoms. The van der Waals surface area contributed by atoms with E-state index >= 15 is 0 Å². The van der Waals surface area contributed by atoms with E-state index in [0.29, 0.717) is 23.6 Å². The van der Waals surface area contributed by atoms with Crippen LogP contribution in [-0.4, -0.2) is 28.0 Å². The summed E-state index contributed by atoms with van der Waals surface area (Å²) in [5, 5.41) is 4.31. The molecule has 0 radical (unpaired) electrons. The van der Waals surface area contributed by atoms with Crippen molar-refractivity contribution < 1.29 is 9.32 Å². The maximum atomic E-state index is 12.2. The molecule has 100 valence electrons. The van der Waals surface area contributed by atoms with Crippen LogP contribution >= 0.6 is 23.2 Å². The highest BCUT2D eigenvalue weighted by atomic mass is 35.5. The largest absolute Gasteiger partial charge is 0.361 e. The monoisotopic (exact) mass is 299 g/mol. The van der Waals surface area contributed by atoms with Gasteiger partial charge in [0.25, 0.3) is 5.91 Å². The van der Waals surface area contributed by atoms with Gasteiger partial charge in [-0.15, -0.1) is 0 Å². The Hall–Kier alpha value is -1.59. The number of pyridine rings is 1. The van der Waals surface area contributed by atoms with Gasteiger partial charge in [0.05, 0.1) is 17.1 Å². The third-order valence-electron chi connectivity index (χ3n) is 2.48. The Kier molecular flexibility index (Phi) is 4.07. The van der Waals surface area contributed by atoms with Gasteiger partial charge in [-0.25, -0.2) is 4.98 Å². The maximum absolute atomic E-state index is 12.2. The van der Waals surface area contributed by atoms with E-state index < -0.39 is 0 Å². The van der Waals surface area contributed by atoms with Crippen LogP contribution < -0.4 is 0 Å². The first-order chi connectivity index (χ1) is 8.97. The number of hydrogen-bond acceptors (Lipinski definition) is 4. The summed E-state index contributed by atoms with van der Waals surface area (Å²) < 4.78 is 4.95. The highest BCUT2D eigenvalue weighted by Crippen LogP contribution is 2.20. The minimum absolute atomic E-state index is 0.221. The predicted octanol–water partition coefficient (Wildman–Crippen LogP) is 2.96. The normalized spacial score (nSPS) is 10.5. The summed E-state index contributed by atoms with van der Waals surface area (Å²) in [6.45, 7) is 2.12. The Morgan fingerprint density at radius 1 is 1.42 bits per heavy atom. The number of aryl methyl sites for hydroxylation is 1. The summed E-state index contributed by atoms with van der Waals surface area (Å²) in [6, 6.07) is 3.21. The summed E-state index contributed by atoms with van der Waals surface area (Å²) in [6.07, 6.45) is 1.35. The fourth-order valence-electron chi connectivity index (χ4n) is 1.59. The van der Waals surface area contributed by atoms with Crippen molar-refractivity contribution in [3.05, 3.63) is 45.5 Å². The third-order valence-corrected chi connectivity index (χ3v) is 2.98. The topological polar surface area (TPSA) is 59.2 Å². The molecule has 0 aliphatic heterocycles. The molecule has 2 rings (SSSR count). The van der Waals surface area contributed by atoms with Crippen molar-refractivity contribution in [2.75, 3.05) is 7.05 Å². The Bertz CT molecular complexity index is 613. The van der Waals surface area contributed by atoms with Gasteiger partial charge in [-0.2, -0.15) is 0 Å². The predicted molar refractivity (Wildman–Crippen MR) is 71.3 cm³/mol. The van der Waals surface area contributed by atoms with Gasteiger partial charge in [0.2, 0.25) is 0 Å². The van der Waals surface area contributed by atoms with Crippen molar-refractivity contribution >= 4 is 29.1 Å². The fraction of sp³-hybridized carbons (Fsp3) is 0.250. The summed E-state index contributed by atoms with van der Waals surface area (Å²) >= 11 is 11.7. The number of carbonyl (C=O) groups is 1. The number of rotatable bonds is 3. The molecule has 0 saturated heterocycles. The molecule has 2 aromatic heterocycles. The average molecular weight is 300 g/mol. The molecule has 0 aliphatic rings. The van der Waals surface area contributed by atoms with Crippen molar-refractivity contribution in [1.29, 1.82) is 0 Å². The summed E-state index contributed by atoms with van der Waals surface area (Å²) in [7, 11) is 1.65. The number of carbonyl (C=O) groups excluding carboxylic acids is 1. The summed E-state index contributed by atoms with van der Waals surface area (Å²) in [4.78, 5) is 17.5. The SMILES string of the molecule is Cc1cc(CN(C)C(=O)c2cc(Cl)ncc2Cl)no1. The number of hydrogen-bond donors (Lipinski definition) is 0. The smallest absolute Gasteiger partial charge is 0.255 e. The van der Waals surface area contributed by atoms with Crippen LogP contribution in [-0.2, 0) is 6.54 Å². The van der Waals surface area contributed by atoms with Gasteiger partial charge in [-0.1, -0.05) is 28.4 Å². The van der Waals surface area contributed by atoms with Crippen LogP contribution in [0.1, 0.15) is 21.8 Å². The minimum Gasteiger partial charge on any atom is -0.361 e. The molecule has 5 nitrogen and oxygen atoms in total. The summed E-state index contributed by atoms with van der Waals surface area (Å²) in [5.74, 6) is 0.441. The second-order valence-corrected chi connectivity index (χ2v) is 4.87. The third kappa shape index (κ3) is 3.24. The van der Waals surface area contributed by atoms with E-state index in [1.165, 1.54) is 17.2 Å². The Morgan fingerprint density at radius 3 is 2.79 bits per heavy atom. The number of halogens is 2. The zero-order chi connectivity index (χ0) is 14.0. The first kappa shape index (κ1) is 13.8. The number of aromatic nitrogens is 2. The van der Waals surface area contributed by atoms with E-state index in [0.717, 1.165) is 0 Å². The molecule has 0 unspecified atom stereocenters. The van der Waals surface area contributed by atoms with Crippen LogP contribution in [0.2, 0.25) is 10.2 Å². The maximum Gasteiger partial charge on any atom is 0.255 e. The van der Waals surface area contributed by atoms with Crippen LogP contribution in [0.25, 0.3) is 0 Å². The molecule has 0 aliphatic carbocycles. The average Bonchev–Trinajstić information content (AvgIpc) is 2.77. The first-order valence-corrected chi connectivity index (χ1v) is 6.21. The lowest BCUT2D eigenvalue weighted by Crippen LogP contribution is -2.26. The molecule has 0 atom stereocenters. The lowest BCUT2D eigenvalue weighted by molar-refractivity contribution is 0.0782. The molecule has 7 heteroatoms. The standard InChI is InChI=1S/C12H11Cl2N3O2/c1-7-3-8(16-19-7)6-17(2)12(18)9-4-11(14)15-5-10(9)13/h3-5H,6H2,1-2H3. The van der Waals surface area contributed by atoms with Gasteiger partial charge in [0.1, 0.15) is 16.6 Å².